The molecule has 1 aliphatic carbocycles. The van der Waals surface area contributed by atoms with E-state index in [2.05, 4.69) is 10.2 Å². The minimum absolute atomic E-state index is 0.0616. The van der Waals surface area contributed by atoms with E-state index in [1.54, 1.807) is 19.2 Å². The number of anilines is 1. The number of carboxylic acid groups (broad SMARTS) is 1. The average Bonchev–Trinajstić information content (AvgIpc) is 3.69. The van der Waals surface area contributed by atoms with Crippen LogP contribution in [0.15, 0.2) is 33.9 Å². The maximum atomic E-state index is 13.8. The lowest BCUT2D eigenvalue weighted by Gasteiger charge is -2.25. The van der Waals surface area contributed by atoms with Crippen LogP contribution in [0.3, 0.4) is 0 Å². The third-order valence-corrected chi connectivity index (χ3v) is 8.05. The van der Waals surface area contributed by atoms with Crippen LogP contribution in [-0.4, -0.2) is 61.6 Å². The molecular weight excluding hydrogens is 536 g/mol. The molecule has 3 aliphatic rings. The maximum absolute atomic E-state index is 13.8. The lowest BCUT2D eigenvalue weighted by Crippen LogP contribution is -2.41. The Labute approximate surface area is 225 Å². The first-order chi connectivity index (χ1) is 19.0. The minimum atomic E-state index is -5.08. The van der Waals surface area contributed by atoms with Gasteiger partial charge in [0.05, 0.1) is 6.54 Å². The third-order valence-electron chi connectivity index (χ3n) is 8.05. The summed E-state index contributed by atoms with van der Waals surface area (Å²) in [7, 11) is 1.71. The van der Waals surface area contributed by atoms with Gasteiger partial charge in [0.1, 0.15) is 5.82 Å². The van der Waals surface area contributed by atoms with Crippen molar-refractivity contribution in [2.75, 3.05) is 24.5 Å². The number of nitrogens with one attached hydrogen (secondary N) is 1. The summed E-state index contributed by atoms with van der Waals surface area (Å²) in [5.74, 6) is -1.77. The first-order valence-corrected chi connectivity index (χ1v) is 13.2. The Morgan fingerprint density at radius 3 is 2.38 bits per heavy atom. The van der Waals surface area contributed by atoms with Crippen LogP contribution in [-0.2, 0) is 18.4 Å². The number of carbonyl (C=O) groups is 1. The molecule has 0 bridgehead atoms. The van der Waals surface area contributed by atoms with E-state index in [0.29, 0.717) is 29.7 Å². The van der Waals surface area contributed by atoms with Crippen molar-refractivity contribution < 1.29 is 27.5 Å². The second-order valence-corrected chi connectivity index (χ2v) is 10.5. The normalized spacial score (nSPS) is 21.1. The number of aryl methyl sites for hydroxylation is 1. The molecule has 0 amide bonds. The van der Waals surface area contributed by atoms with Crippen LogP contribution >= 0.6 is 0 Å². The van der Waals surface area contributed by atoms with E-state index in [0.717, 1.165) is 63.3 Å². The highest BCUT2D eigenvalue weighted by molar-refractivity contribution is 5.75. The van der Waals surface area contributed by atoms with Gasteiger partial charge in [0.15, 0.2) is 11.2 Å². The van der Waals surface area contributed by atoms with Crippen molar-refractivity contribution in [3.05, 3.63) is 56.5 Å². The molecule has 3 aromatic rings. The average molecular weight is 567 g/mol. The van der Waals surface area contributed by atoms with Crippen molar-refractivity contribution >= 4 is 23.1 Å². The highest BCUT2D eigenvalue weighted by Gasteiger charge is 2.40. The number of carboxylic acids is 1. The Balaban J connectivity index is 0.000000411. The minimum Gasteiger partial charge on any atom is -0.475 e. The van der Waals surface area contributed by atoms with Crippen LogP contribution in [0, 0.1) is 11.7 Å². The van der Waals surface area contributed by atoms with Crippen LogP contribution in [0.5, 0.6) is 0 Å². The molecule has 216 valence electrons. The van der Waals surface area contributed by atoms with E-state index in [9.17, 15) is 27.2 Å². The monoisotopic (exact) mass is 566 g/mol. The predicted molar refractivity (Wildman–Crippen MR) is 138 cm³/mol. The number of benzene rings is 1. The van der Waals surface area contributed by atoms with Gasteiger partial charge < -0.3 is 15.3 Å². The summed E-state index contributed by atoms with van der Waals surface area (Å²) in [5.41, 5.74) is 1.21. The Bertz CT molecular complexity index is 1520. The molecule has 2 aromatic heterocycles. The summed E-state index contributed by atoms with van der Waals surface area (Å²) in [6.45, 7) is 3.14. The molecule has 6 rings (SSSR count). The second kappa shape index (κ2) is 10.7. The van der Waals surface area contributed by atoms with E-state index < -0.39 is 12.1 Å². The van der Waals surface area contributed by atoms with Gasteiger partial charge in [0.25, 0.3) is 5.56 Å². The highest BCUT2D eigenvalue weighted by atomic mass is 19.4. The van der Waals surface area contributed by atoms with Gasteiger partial charge in [-0.2, -0.15) is 18.2 Å². The molecule has 4 heterocycles. The number of aromatic nitrogens is 4. The van der Waals surface area contributed by atoms with Gasteiger partial charge >= 0.3 is 17.8 Å². The lowest BCUT2D eigenvalue weighted by atomic mass is 10.1. The standard InChI is InChI=1S/C24H29FN6O2.C2HF3O2/c1-28-21-20(22(32)31(24(28)33)18-4-2-3-5-18)30(14-15-6-8-17(25)9-7-15)23(27-21)29-11-10-16-12-26-13-19(16)29;3-2(4,5)1(6)7/h6-9,16,18-19,26H,2-5,10-14H2,1H3;(H,6,7). The fourth-order valence-electron chi connectivity index (χ4n) is 6.05. The summed E-state index contributed by atoms with van der Waals surface area (Å²) in [4.78, 5) is 43.1. The summed E-state index contributed by atoms with van der Waals surface area (Å²) >= 11 is 0. The number of fused-ring (bicyclic) bond motifs is 2. The molecule has 0 spiro atoms. The second-order valence-electron chi connectivity index (χ2n) is 10.5. The number of nitrogens with zero attached hydrogens (tertiary/aromatic N) is 5. The van der Waals surface area contributed by atoms with E-state index in [1.165, 1.54) is 21.3 Å². The fraction of sp³-hybridized carbons (Fsp3) is 0.538. The van der Waals surface area contributed by atoms with Crippen molar-refractivity contribution in [2.45, 2.75) is 56.9 Å². The van der Waals surface area contributed by atoms with Gasteiger partial charge in [0, 0.05) is 38.8 Å². The van der Waals surface area contributed by atoms with Crippen molar-refractivity contribution in [1.82, 2.24) is 24.0 Å². The number of aliphatic carboxylic acids is 1. The quantitative estimate of drug-likeness (QED) is 0.467. The summed E-state index contributed by atoms with van der Waals surface area (Å²) in [5, 5.41) is 10.6. The van der Waals surface area contributed by atoms with Crippen LogP contribution in [0.4, 0.5) is 23.5 Å². The number of hydrogen-bond donors (Lipinski definition) is 2. The van der Waals surface area contributed by atoms with Crippen LogP contribution in [0.25, 0.3) is 11.2 Å². The molecule has 2 saturated heterocycles. The predicted octanol–water partition coefficient (Wildman–Crippen LogP) is 2.63. The molecule has 2 N–H and O–H groups in total. The molecule has 40 heavy (non-hydrogen) atoms. The first kappa shape index (κ1) is 27.9. The van der Waals surface area contributed by atoms with Crippen molar-refractivity contribution in [1.29, 1.82) is 0 Å². The van der Waals surface area contributed by atoms with E-state index in [-0.39, 0.29) is 23.1 Å². The van der Waals surface area contributed by atoms with Gasteiger partial charge in [-0.05, 0) is 42.9 Å². The third kappa shape index (κ3) is 5.11. The SMILES string of the molecule is Cn1c(=O)n(C2CCCC2)c(=O)c2c1nc(N1CCC3CNCC31)n2Cc1ccc(F)cc1.O=C(O)C(F)(F)F. The van der Waals surface area contributed by atoms with E-state index in [4.69, 9.17) is 14.9 Å². The van der Waals surface area contributed by atoms with E-state index in [1.807, 2.05) is 4.57 Å². The zero-order valence-corrected chi connectivity index (χ0v) is 21.8. The van der Waals surface area contributed by atoms with Gasteiger partial charge in [0.2, 0.25) is 5.95 Å². The Morgan fingerprint density at radius 2 is 1.75 bits per heavy atom. The highest BCUT2D eigenvalue weighted by Crippen LogP contribution is 2.34. The smallest absolute Gasteiger partial charge is 0.475 e. The molecule has 1 saturated carbocycles. The van der Waals surface area contributed by atoms with Gasteiger partial charge in [-0.3, -0.25) is 18.5 Å². The van der Waals surface area contributed by atoms with Gasteiger partial charge in [-0.25, -0.2) is 14.0 Å². The van der Waals surface area contributed by atoms with Gasteiger partial charge in [-0.1, -0.05) is 25.0 Å². The number of halogens is 4. The van der Waals surface area contributed by atoms with Crippen molar-refractivity contribution in [3.8, 4) is 0 Å². The zero-order valence-electron chi connectivity index (χ0n) is 21.8. The molecule has 10 nitrogen and oxygen atoms in total. The van der Waals surface area contributed by atoms with Crippen molar-refractivity contribution in [3.63, 3.8) is 0 Å². The van der Waals surface area contributed by atoms with Crippen LogP contribution < -0.4 is 21.5 Å². The van der Waals surface area contributed by atoms with Crippen LogP contribution in [0.2, 0.25) is 0 Å². The number of imidazole rings is 1. The summed E-state index contributed by atoms with van der Waals surface area (Å²) in [6.07, 6.45) is -0.255. The Kier molecular flexibility index (Phi) is 7.46. The number of hydrogen-bond acceptors (Lipinski definition) is 6. The molecule has 2 aliphatic heterocycles. The first-order valence-electron chi connectivity index (χ1n) is 13.2. The maximum Gasteiger partial charge on any atom is 0.490 e. The van der Waals surface area contributed by atoms with Crippen molar-refractivity contribution in [2.24, 2.45) is 13.0 Å². The molecule has 2 unspecified atom stereocenters. The Hall–Kier alpha value is -3.68. The number of alkyl halides is 3. The molecule has 1 aromatic carbocycles. The molecule has 0 radical (unpaired) electrons. The molecular formula is C26H30F4N6O4. The molecule has 3 fully saturated rings. The summed E-state index contributed by atoms with van der Waals surface area (Å²) in [6, 6.07) is 6.62. The fourth-order valence-corrected chi connectivity index (χ4v) is 6.05. The Morgan fingerprint density at radius 1 is 1.10 bits per heavy atom. The molecule has 14 heteroatoms. The summed E-state index contributed by atoms with van der Waals surface area (Å²) < 4.78 is 50.2. The largest absolute Gasteiger partial charge is 0.490 e. The number of rotatable bonds is 4. The zero-order chi connectivity index (χ0) is 28.8. The van der Waals surface area contributed by atoms with Gasteiger partial charge in [-0.15, -0.1) is 0 Å². The lowest BCUT2D eigenvalue weighted by molar-refractivity contribution is -0.192. The molecule has 2 atom stereocenters. The topological polar surface area (TPSA) is 114 Å². The van der Waals surface area contributed by atoms with E-state index >= 15 is 0 Å². The van der Waals surface area contributed by atoms with Crippen LogP contribution in [0.1, 0.15) is 43.7 Å².